The zero-order chi connectivity index (χ0) is 11.5. The molecule has 84 valence electrons. The molecule has 0 aliphatic heterocycles. The molecule has 0 amide bonds. The maximum absolute atomic E-state index is 11.8. The Hall–Kier alpha value is 0.610. The number of halogens is 3. The highest BCUT2D eigenvalue weighted by atomic mass is 79.9. The van der Waals surface area contributed by atoms with Gasteiger partial charge in [0.05, 0.1) is 10.6 Å². The summed E-state index contributed by atoms with van der Waals surface area (Å²) in [6.45, 7) is 0. The Morgan fingerprint density at radius 1 is 1.20 bits per heavy atom. The molecule has 1 atom stereocenters. The predicted molar refractivity (Wildman–Crippen MR) is 72.7 cm³/mol. The monoisotopic (exact) mass is 418 g/mol. The van der Waals surface area contributed by atoms with Crippen LogP contribution >= 0.6 is 47.8 Å². The van der Waals surface area contributed by atoms with E-state index < -0.39 is 9.84 Å². The molecule has 1 aromatic carbocycles. The van der Waals surface area contributed by atoms with Crippen LogP contribution in [0.1, 0.15) is 0 Å². The quantitative estimate of drug-likeness (QED) is 0.700. The molecule has 0 saturated carbocycles. The van der Waals surface area contributed by atoms with Crippen molar-refractivity contribution in [2.45, 2.75) is 9.72 Å². The molecule has 0 aliphatic carbocycles. The van der Waals surface area contributed by atoms with E-state index >= 15 is 0 Å². The van der Waals surface area contributed by atoms with Gasteiger partial charge < -0.3 is 0 Å². The molecule has 15 heavy (non-hydrogen) atoms. The molecule has 0 aromatic heterocycles. The zero-order valence-electron chi connectivity index (χ0n) is 7.66. The highest BCUT2D eigenvalue weighted by Gasteiger charge is 2.18. The minimum Gasteiger partial charge on any atom is -0.224 e. The molecule has 1 rings (SSSR count). The second-order valence-electron chi connectivity index (χ2n) is 2.99. The lowest BCUT2D eigenvalue weighted by Crippen LogP contribution is -2.17. The molecular weight excluding hydrogens is 412 g/mol. The van der Waals surface area contributed by atoms with Crippen LogP contribution in [-0.2, 0) is 9.84 Å². The SMILES string of the molecule is O=S(=O)(CC(Br)CBr)c1ccc(Br)cc1. The molecule has 0 aliphatic rings. The van der Waals surface area contributed by atoms with Crippen LogP contribution in [0.5, 0.6) is 0 Å². The van der Waals surface area contributed by atoms with E-state index in [4.69, 9.17) is 0 Å². The normalized spacial score (nSPS) is 13.8. The molecule has 1 aromatic rings. The summed E-state index contributed by atoms with van der Waals surface area (Å²) in [6, 6.07) is 6.66. The highest BCUT2D eigenvalue weighted by molar-refractivity contribution is 9.12. The summed E-state index contributed by atoms with van der Waals surface area (Å²) in [6.07, 6.45) is 0. The van der Waals surface area contributed by atoms with Crippen molar-refractivity contribution >= 4 is 57.6 Å². The van der Waals surface area contributed by atoms with Gasteiger partial charge in [0.15, 0.2) is 9.84 Å². The van der Waals surface area contributed by atoms with Crippen molar-refractivity contribution in [1.29, 1.82) is 0 Å². The maximum atomic E-state index is 11.8. The Kier molecular flexibility index (Phi) is 5.28. The highest BCUT2D eigenvalue weighted by Crippen LogP contribution is 2.18. The first-order valence-corrected chi connectivity index (χ1v) is 8.62. The van der Waals surface area contributed by atoms with Gasteiger partial charge in [-0.15, -0.1) is 0 Å². The van der Waals surface area contributed by atoms with Gasteiger partial charge in [0.1, 0.15) is 0 Å². The van der Waals surface area contributed by atoms with Crippen molar-refractivity contribution in [3.63, 3.8) is 0 Å². The van der Waals surface area contributed by atoms with Crippen LogP contribution in [0, 0.1) is 0 Å². The molecule has 0 heterocycles. The fourth-order valence-corrected chi connectivity index (χ4v) is 4.20. The summed E-state index contributed by atoms with van der Waals surface area (Å²) in [5.41, 5.74) is 0. The predicted octanol–water partition coefficient (Wildman–Crippen LogP) is 3.38. The molecule has 0 radical (unpaired) electrons. The van der Waals surface area contributed by atoms with Gasteiger partial charge in [-0.05, 0) is 24.3 Å². The average Bonchev–Trinajstić information content (AvgIpc) is 2.17. The van der Waals surface area contributed by atoms with Gasteiger partial charge in [0.25, 0.3) is 0 Å². The third kappa shape index (κ3) is 4.17. The molecule has 2 nitrogen and oxygen atoms in total. The summed E-state index contributed by atoms with van der Waals surface area (Å²) >= 11 is 9.79. The Bertz CT molecular complexity index is 413. The Morgan fingerprint density at radius 2 is 1.73 bits per heavy atom. The van der Waals surface area contributed by atoms with Crippen LogP contribution in [0.4, 0.5) is 0 Å². The first-order valence-electron chi connectivity index (χ1n) is 4.14. The van der Waals surface area contributed by atoms with E-state index in [2.05, 4.69) is 47.8 Å². The fourth-order valence-electron chi connectivity index (χ4n) is 1.02. The van der Waals surface area contributed by atoms with Crippen molar-refractivity contribution in [2.75, 3.05) is 11.1 Å². The van der Waals surface area contributed by atoms with Gasteiger partial charge in [-0.25, -0.2) is 8.42 Å². The molecule has 6 heteroatoms. The van der Waals surface area contributed by atoms with E-state index in [9.17, 15) is 8.42 Å². The second-order valence-corrected chi connectivity index (χ2v) is 7.88. The Labute approximate surface area is 115 Å². The molecular formula is C9H9Br3O2S. The number of rotatable bonds is 4. The molecule has 0 N–H and O–H groups in total. The largest absolute Gasteiger partial charge is 0.224 e. The lowest BCUT2D eigenvalue weighted by molar-refractivity contribution is 0.595. The van der Waals surface area contributed by atoms with Crippen molar-refractivity contribution in [3.8, 4) is 0 Å². The molecule has 0 bridgehead atoms. The van der Waals surface area contributed by atoms with Gasteiger partial charge in [0, 0.05) is 14.6 Å². The summed E-state index contributed by atoms with van der Waals surface area (Å²) in [5.74, 6) is 0.0971. The number of sulfone groups is 1. The zero-order valence-corrected chi connectivity index (χ0v) is 13.2. The van der Waals surface area contributed by atoms with Crippen molar-refractivity contribution < 1.29 is 8.42 Å². The molecule has 1 unspecified atom stereocenters. The van der Waals surface area contributed by atoms with E-state index in [0.717, 1.165) is 4.47 Å². The molecule has 0 fully saturated rings. The van der Waals surface area contributed by atoms with Crippen LogP contribution < -0.4 is 0 Å². The third-order valence-corrected chi connectivity index (χ3v) is 6.83. The lowest BCUT2D eigenvalue weighted by Gasteiger charge is -2.07. The third-order valence-electron chi connectivity index (χ3n) is 1.74. The van der Waals surface area contributed by atoms with Crippen molar-refractivity contribution in [1.82, 2.24) is 0 Å². The van der Waals surface area contributed by atoms with Crippen LogP contribution in [0.15, 0.2) is 33.6 Å². The minimum absolute atomic E-state index is 0.0638. The van der Waals surface area contributed by atoms with Crippen LogP contribution in [0.3, 0.4) is 0 Å². The first-order chi connectivity index (χ1) is 6.95. The standard InChI is InChI=1S/C9H9Br3O2S/c10-5-8(12)6-15(13,14)9-3-1-7(11)2-4-9/h1-4,8H,5-6H2. The minimum atomic E-state index is -3.19. The van der Waals surface area contributed by atoms with Crippen molar-refractivity contribution in [3.05, 3.63) is 28.7 Å². The smallest absolute Gasteiger partial charge is 0.179 e. The van der Waals surface area contributed by atoms with Gasteiger partial charge in [-0.2, -0.15) is 0 Å². The number of alkyl halides is 2. The topological polar surface area (TPSA) is 34.1 Å². The first kappa shape index (κ1) is 13.7. The molecule has 0 spiro atoms. The average molecular weight is 421 g/mol. The van der Waals surface area contributed by atoms with E-state index in [1.807, 2.05) is 0 Å². The fraction of sp³-hybridized carbons (Fsp3) is 0.333. The summed E-state index contributed by atoms with van der Waals surface area (Å²) in [7, 11) is -3.19. The number of benzene rings is 1. The van der Waals surface area contributed by atoms with Gasteiger partial charge >= 0.3 is 0 Å². The Balaban J connectivity index is 2.91. The summed E-state index contributed by atoms with van der Waals surface area (Å²) in [4.78, 5) is 0.294. The summed E-state index contributed by atoms with van der Waals surface area (Å²) in [5, 5.41) is 0.614. The summed E-state index contributed by atoms with van der Waals surface area (Å²) < 4.78 is 24.6. The van der Waals surface area contributed by atoms with Crippen LogP contribution in [0.2, 0.25) is 0 Å². The molecule has 0 saturated heterocycles. The Morgan fingerprint density at radius 3 is 2.20 bits per heavy atom. The van der Waals surface area contributed by atoms with Gasteiger partial charge in [-0.3, -0.25) is 0 Å². The van der Waals surface area contributed by atoms with E-state index in [-0.39, 0.29) is 10.6 Å². The van der Waals surface area contributed by atoms with Crippen molar-refractivity contribution in [2.24, 2.45) is 0 Å². The number of hydrogen-bond acceptors (Lipinski definition) is 2. The lowest BCUT2D eigenvalue weighted by atomic mass is 10.4. The van der Waals surface area contributed by atoms with E-state index in [0.29, 0.717) is 10.2 Å². The maximum Gasteiger partial charge on any atom is 0.179 e. The van der Waals surface area contributed by atoms with E-state index in [1.54, 1.807) is 24.3 Å². The van der Waals surface area contributed by atoms with Crippen LogP contribution in [-0.4, -0.2) is 24.3 Å². The van der Waals surface area contributed by atoms with Crippen LogP contribution in [0.25, 0.3) is 0 Å². The second kappa shape index (κ2) is 5.80. The van der Waals surface area contributed by atoms with Gasteiger partial charge in [-0.1, -0.05) is 47.8 Å². The van der Waals surface area contributed by atoms with E-state index in [1.165, 1.54) is 0 Å². The number of hydrogen-bond donors (Lipinski definition) is 0. The van der Waals surface area contributed by atoms with Gasteiger partial charge in [0.2, 0.25) is 0 Å².